The number of rotatable bonds is 7. The second kappa shape index (κ2) is 9.09. The first kappa shape index (κ1) is 20.1. The summed E-state index contributed by atoms with van der Waals surface area (Å²) in [6.45, 7) is 5.10. The van der Waals surface area contributed by atoms with Gasteiger partial charge in [0.2, 0.25) is 0 Å². The third-order valence-electron chi connectivity index (χ3n) is 4.78. The van der Waals surface area contributed by atoms with Crippen molar-refractivity contribution in [2.45, 2.75) is 30.2 Å². The Labute approximate surface area is 180 Å². The molecule has 1 heterocycles. The van der Waals surface area contributed by atoms with Crippen molar-refractivity contribution in [3.05, 3.63) is 89.6 Å². The molecule has 0 aliphatic carbocycles. The van der Waals surface area contributed by atoms with Crippen LogP contribution >= 0.6 is 11.8 Å². The molecule has 152 valence electrons. The van der Waals surface area contributed by atoms with Crippen LogP contribution < -0.4 is 10.1 Å². The van der Waals surface area contributed by atoms with Gasteiger partial charge in [-0.3, -0.25) is 4.79 Å². The molecule has 4 aromatic rings. The number of amides is 1. The zero-order valence-electron chi connectivity index (χ0n) is 17.1. The number of benzene rings is 3. The molecule has 0 atom stereocenters. The van der Waals surface area contributed by atoms with Gasteiger partial charge >= 0.3 is 0 Å². The molecule has 0 aliphatic rings. The summed E-state index contributed by atoms with van der Waals surface area (Å²) in [7, 11) is 0. The number of aromatic amines is 1. The lowest BCUT2D eigenvalue weighted by Gasteiger charge is -2.08. The average Bonchev–Trinajstić information content (AvgIpc) is 3.11. The maximum Gasteiger partial charge on any atom is 0.269 e. The van der Waals surface area contributed by atoms with Crippen LogP contribution in [-0.2, 0) is 6.54 Å². The van der Waals surface area contributed by atoms with Crippen LogP contribution in [0, 0.1) is 6.92 Å². The van der Waals surface area contributed by atoms with Gasteiger partial charge in [-0.05, 0) is 55.3 Å². The predicted octanol–water partition coefficient (Wildman–Crippen LogP) is 5.96. The van der Waals surface area contributed by atoms with Crippen molar-refractivity contribution in [1.82, 2.24) is 10.3 Å². The molecule has 4 rings (SSSR count). The zero-order chi connectivity index (χ0) is 20.9. The van der Waals surface area contributed by atoms with E-state index in [1.165, 1.54) is 0 Å². The van der Waals surface area contributed by atoms with Crippen LogP contribution in [-0.4, -0.2) is 17.5 Å². The van der Waals surface area contributed by atoms with Crippen LogP contribution in [0.25, 0.3) is 10.9 Å². The molecule has 0 fully saturated rings. The fourth-order valence-corrected chi connectivity index (χ4v) is 4.36. The van der Waals surface area contributed by atoms with Crippen molar-refractivity contribution in [3.63, 3.8) is 0 Å². The standard InChI is InChI=1S/C25H24N2O2S/c1-3-29-19-12-10-18(11-13-19)16-26-25(28)23-24(30-20-7-5-4-6-8-20)21-14-9-17(2)15-22(21)27-23/h4-15,27H,3,16H2,1-2H3,(H,26,28). The summed E-state index contributed by atoms with van der Waals surface area (Å²) in [6.07, 6.45) is 0. The molecule has 3 aromatic carbocycles. The average molecular weight is 417 g/mol. The molecule has 0 unspecified atom stereocenters. The number of fused-ring (bicyclic) bond motifs is 1. The van der Waals surface area contributed by atoms with Gasteiger partial charge in [-0.2, -0.15) is 0 Å². The molecule has 0 saturated carbocycles. The molecule has 0 aliphatic heterocycles. The second-order valence-corrected chi connectivity index (χ2v) is 8.14. The Balaban J connectivity index is 1.58. The molecule has 1 aromatic heterocycles. The number of hydrogen-bond acceptors (Lipinski definition) is 3. The molecule has 2 N–H and O–H groups in total. The Bertz CT molecular complexity index is 1150. The number of nitrogens with one attached hydrogen (secondary N) is 2. The van der Waals surface area contributed by atoms with Crippen molar-refractivity contribution in [2.24, 2.45) is 0 Å². The SMILES string of the molecule is CCOc1ccc(CNC(=O)c2[nH]c3cc(C)ccc3c2Sc2ccccc2)cc1. The van der Waals surface area contributed by atoms with Gasteiger partial charge in [-0.15, -0.1) is 0 Å². The molecule has 0 bridgehead atoms. The largest absolute Gasteiger partial charge is 0.494 e. The van der Waals surface area contributed by atoms with Gasteiger partial charge in [0.15, 0.2) is 0 Å². The Morgan fingerprint density at radius 1 is 1.03 bits per heavy atom. The number of hydrogen-bond donors (Lipinski definition) is 2. The highest BCUT2D eigenvalue weighted by Crippen LogP contribution is 2.37. The number of carbonyl (C=O) groups excluding carboxylic acids is 1. The fourth-order valence-electron chi connectivity index (χ4n) is 3.30. The van der Waals surface area contributed by atoms with Crippen LogP contribution in [0.5, 0.6) is 5.75 Å². The van der Waals surface area contributed by atoms with Gasteiger partial charge in [0.05, 0.1) is 11.5 Å². The van der Waals surface area contributed by atoms with E-state index < -0.39 is 0 Å². The van der Waals surface area contributed by atoms with Gasteiger partial charge < -0.3 is 15.0 Å². The Morgan fingerprint density at radius 2 is 1.80 bits per heavy atom. The van der Waals surface area contributed by atoms with Crippen molar-refractivity contribution in [2.75, 3.05) is 6.61 Å². The van der Waals surface area contributed by atoms with Gasteiger partial charge in [0, 0.05) is 22.3 Å². The van der Waals surface area contributed by atoms with Crippen LogP contribution in [0.1, 0.15) is 28.5 Å². The minimum atomic E-state index is -0.115. The van der Waals surface area contributed by atoms with Gasteiger partial charge in [-0.25, -0.2) is 0 Å². The van der Waals surface area contributed by atoms with E-state index in [1.54, 1.807) is 11.8 Å². The highest BCUT2D eigenvalue weighted by molar-refractivity contribution is 7.99. The first-order valence-electron chi connectivity index (χ1n) is 9.99. The van der Waals surface area contributed by atoms with Crippen molar-refractivity contribution < 1.29 is 9.53 Å². The van der Waals surface area contributed by atoms with Crippen molar-refractivity contribution in [1.29, 1.82) is 0 Å². The lowest BCUT2D eigenvalue weighted by molar-refractivity contribution is 0.0944. The number of aryl methyl sites for hydroxylation is 1. The van der Waals surface area contributed by atoms with E-state index >= 15 is 0 Å². The summed E-state index contributed by atoms with van der Waals surface area (Å²) in [5, 5.41) is 4.10. The molecule has 4 nitrogen and oxygen atoms in total. The predicted molar refractivity (Wildman–Crippen MR) is 122 cm³/mol. The summed E-state index contributed by atoms with van der Waals surface area (Å²) >= 11 is 1.61. The van der Waals surface area contributed by atoms with Gasteiger partial charge in [0.25, 0.3) is 5.91 Å². The molecule has 30 heavy (non-hydrogen) atoms. The summed E-state index contributed by atoms with van der Waals surface area (Å²) in [4.78, 5) is 18.4. The van der Waals surface area contributed by atoms with E-state index in [1.807, 2.05) is 49.4 Å². The molecule has 0 spiro atoms. The van der Waals surface area contributed by atoms with Crippen LogP contribution in [0.15, 0.2) is 82.6 Å². The Hall–Kier alpha value is -3.18. The summed E-state index contributed by atoms with van der Waals surface area (Å²) in [5.74, 6) is 0.719. The summed E-state index contributed by atoms with van der Waals surface area (Å²) in [5.41, 5.74) is 3.74. The highest BCUT2D eigenvalue weighted by Gasteiger charge is 2.19. The molecule has 0 radical (unpaired) electrons. The smallest absolute Gasteiger partial charge is 0.269 e. The summed E-state index contributed by atoms with van der Waals surface area (Å²) < 4.78 is 5.48. The van der Waals surface area contributed by atoms with Gasteiger partial charge in [0.1, 0.15) is 11.4 Å². The lowest BCUT2D eigenvalue weighted by atomic mass is 10.2. The van der Waals surface area contributed by atoms with Crippen LogP contribution in [0.4, 0.5) is 0 Å². The fraction of sp³-hybridized carbons (Fsp3) is 0.160. The zero-order valence-corrected chi connectivity index (χ0v) is 17.9. The number of H-pyrrole nitrogens is 1. The molecular weight excluding hydrogens is 392 g/mol. The van der Waals surface area contributed by atoms with Crippen LogP contribution in [0.3, 0.4) is 0 Å². The number of carbonyl (C=O) groups is 1. The Morgan fingerprint density at radius 3 is 2.53 bits per heavy atom. The molecular formula is C25H24N2O2S. The van der Waals surface area contributed by atoms with E-state index in [0.717, 1.165) is 37.6 Å². The number of aromatic nitrogens is 1. The molecule has 5 heteroatoms. The third-order valence-corrected chi connectivity index (χ3v) is 5.92. The molecule has 1 amide bonds. The quantitative estimate of drug-likeness (QED) is 0.391. The minimum Gasteiger partial charge on any atom is -0.494 e. The minimum absolute atomic E-state index is 0.115. The lowest BCUT2D eigenvalue weighted by Crippen LogP contribution is -2.23. The maximum atomic E-state index is 13.1. The van der Waals surface area contributed by atoms with Crippen molar-refractivity contribution in [3.8, 4) is 5.75 Å². The van der Waals surface area contributed by atoms with Crippen LogP contribution in [0.2, 0.25) is 0 Å². The van der Waals surface area contributed by atoms with Crippen molar-refractivity contribution >= 4 is 28.6 Å². The Kier molecular flexibility index (Phi) is 6.10. The first-order valence-corrected chi connectivity index (χ1v) is 10.8. The van der Waals surface area contributed by atoms with E-state index in [0.29, 0.717) is 18.8 Å². The van der Waals surface area contributed by atoms with E-state index in [4.69, 9.17) is 4.74 Å². The first-order chi connectivity index (χ1) is 14.6. The van der Waals surface area contributed by atoms with E-state index in [9.17, 15) is 4.79 Å². The summed E-state index contributed by atoms with van der Waals surface area (Å²) in [6, 6.07) is 24.1. The normalized spacial score (nSPS) is 10.9. The monoisotopic (exact) mass is 416 g/mol. The third kappa shape index (κ3) is 4.52. The molecule has 0 saturated heterocycles. The van der Waals surface area contributed by atoms with E-state index in [-0.39, 0.29) is 5.91 Å². The maximum absolute atomic E-state index is 13.1. The topological polar surface area (TPSA) is 54.1 Å². The van der Waals surface area contributed by atoms with Gasteiger partial charge in [-0.1, -0.05) is 54.2 Å². The van der Waals surface area contributed by atoms with E-state index in [2.05, 4.69) is 47.6 Å². The number of ether oxygens (including phenoxy) is 1. The second-order valence-electron chi connectivity index (χ2n) is 7.05. The highest BCUT2D eigenvalue weighted by atomic mass is 32.2.